The average molecular weight is 385 g/mol. The van der Waals surface area contributed by atoms with Crippen molar-refractivity contribution < 1.29 is 19.1 Å². The standard InChI is InChI=1S/C20H17ClN2O4/c21-17-6-2-1-5-15(17)18(24)22-12-7-8-14-16(10-12)20(26)23(19(14)25)11-13-4-3-9-27-13/h1-2,5-8,10,13H,3-4,9,11H2,(H,22,24). The smallest absolute Gasteiger partial charge is 0.261 e. The summed E-state index contributed by atoms with van der Waals surface area (Å²) in [4.78, 5) is 38.8. The highest BCUT2D eigenvalue weighted by Crippen LogP contribution is 2.28. The molecule has 0 radical (unpaired) electrons. The predicted molar refractivity (Wildman–Crippen MR) is 100 cm³/mol. The van der Waals surface area contributed by atoms with Crippen LogP contribution in [0.15, 0.2) is 42.5 Å². The molecule has 138 valence electrons. The number of ether oxygens (including phenoxy) is 1. The summed E-state index contributed by atoms with van der Waals surface area (Å²) in [5.74, 6) is -1.07. The summed E-state index contributed by atoms with van der Waals surface area (Å²) in [6.07, 6.45) is 1.67. The highest BCUT2D eigenvalue weighted by atomic mass is 35.5. The maximum Gasteiger partial charge on any atom is 0.261 e. The number of carbonyl (C=O) groups excluding carboxylic acids is 3. The van der Waals surface area contributed by atoms with Crippen LogP contribution in [0.3, 0.4) is 0 Å². The first-order chi connectivity index (χ1) is 13.0. The van der Waals surface area contributed by atoms with E-state index in [-0.39, 0.29) is 35.9 Å². The van der Waals surface area contributed by atoms with Gasteiger partial charge in [0, 0.05) is 12.3 Å². The Labute approximate surface area is 161 Å². The van der Waals surface area contributed by atoms with Gasteiger partial charge in [0.15, 0.2) is 0 Å². The molecule has 1 N–H and O–H groups in total. The number of hydrogen-bond donors (Lipinski definition) is 1. The molecule has 1 unspecified atom stereocenters. The van der Waals surface area contributed by atoms with Gasteiger partial charge in [-0.05, 0) is 43.2 Å². The van der Waals surface area contributed by atoms with Crippen molar-refractivity contribution in [3.05, 3.63) is 64.2 Å². The molecule has 0 aromatic heterocycles. The zero-order valence-corrected chi connectivity index (χ0v) is 15.2. The maximum absolute atomic E-state index is 12.7. The van der Waals surface area contributed by atoms with Crippen LogP contribution in [0.4, 0.5) is 5.69 Å². The highest BCUT2D eigenvalue weighted by molar-refractivity contribution is 6.34. The van der Waals surface area contributed by atoms with Crippen molar-refractivity contribution in [2.24, 2.45) is 0 Å². The third-order valence-electron chi connectivity index (χ3n) is 4.76. The quantitative estimate of drug-likeness (QED) is 0.820. The van der Waals surface area contributed by atoms with Crippen molar-refractivity contribution in [3.63, 3.8) is 0 Å². The number of anilines is 1. The van der Waals surface area contributed by atoms with Crippen molar-refractivity contribution >= 4 is 35.0 Å². The molecule has 2 aliphatic rings. The molecule has 1 atom stereocenters. The molecule has 0 saturated carbocycles. The van der Waals surface area contributed by atoms with Gasteiger partial charge in [-0.3, -0.25) is 19.3 Å². The van der Waals surface area contributed by atoms with Crippen LogP contribution >= 0.6 is 11.6 Å². The van der Waals surface area contributed by atoms with E-state index in [1.165, 1.54) is 11.0 Å². The number of nitrogens with one attached hydrogen (secondary N) is 1. The molecule has 27 heavy (non-hydrogen) atoms. The summed E-state index contributed by atoms with van der Waals surface area (Å²) in [6.45, 7) is 0.916. The van der Waals surface area contributed by atoms with Crippen LogP contribution in [-0.2, 0) is 4.74 Å². The first-order valence-electron chi connectivity index (χ1n) is 8.72. The lowest BCUT2D eigenvalue weighted by Gasteiger charge is -2.17. The molecular formula is C20H17ClN2O4. The third-order valence-corrected chi connectivity index (χ3v) is 5.09. The summed E-state index contributed by atoms with van der Waals surface area (Å²) in [5, 5.41) is 3.06. The summed E-state index contributed by atoms with van der Waals surface area (Å²) in [6, 6.07) is 11.4. The van der Waals surface area contributed by atoms with E-state index in [0.29, 0.717) is 28.4 Å². The number of nitrogens with zero attached hydrogens (tertiary/aromatic N) is 1. The molecule has 1 saturated heterocycles. The maximum atomic E-state index is 12.7. The van der Waals surface area contributed by atoms with Crippen LogP contribution in [-0.4, -0.2) is 41.9 Å². The fourth-order valence-electron chi connectivity index (χ4n) is 3.37. The second kappa shape index (κ2) is 7.13. The molecule has 6 nitrogen and oxygen atoms in total. The molecule has 3 amide bonds. The van der Waals surface area contributed by atoms with E-state index in [1.54, 1.807) is 36.4 Å². The number of carbonyl (C=O) groups is 3. The zero-order chi connectivity index (χ0) is 19.0. The third kappa shape index (κ3) is 3.34. The molecule has 0 bridgehead atoms. The van der Waals surface area contributed by atoms with Crippen molar-refractivity contribution in [3.8, 4) is 0 Å². The summed E-state index contributed by atoms with van der Waals surface area (Å²) < 4.78 is 5.53. The lowest BCUT2D eigenvalue weighted by Crippen LogP contribution is -2.36. The van der Waals surface area contributed by atoms with E-state index in [4.69, 9.17) is 16.3 Å². The molecule has 0 spiro atoms. The molecule has 2 aromatic rings. The van der Waals surface area contributed by atoms with Gasteiger partial charge in [-0.25, -0.2) is 0 Å². The van der Waals surface area contributed by atoms with E-state index >= 15 is 0 Å². The fraction of sp³-hybridized carbons (Fsp3) is 0.250. The van der Waals surface area contributed by atoms with Gasteiger partial charge in [-0.1, -0.05) is 23.7 Å². The van der Waals surface area contributed by atoms with E-state index < -0.39 is 0 Å². The molecule has 2 heterocycles. The number of hydrogen-bond acceptors (Lipinski definition) is 4. The minimum absolute atomic E-state index is 0.105. The van der Waals surface area contributed by atoms with E-state index in [2.05, 4.69) is 5.32 Å². The molecule has 1 fully saturated rings. The Bertz CT molecular complexity index is 937. The number of fused-ring (bicyclic) bond motifs is 1. The van der Waals surface area contributed by atoms with Gasteiger partial charge >= 0.3 is 0 Å². The monoisotopic (exact) mass is 384 g/mol. The number of halogens is 1. The molecule has 0 aliphatic carbocycles. The highest BCUT2D eigenvalue weighted by Gasteiger charge is 2.37. The lowest BCUT2D eigenvalue weighted by atomic mass is 10.1. The summed E-state index contributed by atoms with van der Waals surface area (Å²) >= 11 is 6.04. The molecule has 4 rings (SSSR count). The van der Waals surface area contributed by atoms with Crippen molar-refractivity contribution in [1.29, 1.82) is 0 Å². The Hall–Kier alpha value is -2.70. The Morgan fingerprint density at radius 3 is 2.67 bits per heavy atom. The number of amides is 3. The lowest BCUT2D eigenvalue weighted by molar-refractivity contribution is 0.0475. The number of benzene rings is 2. The van der Waals surface area contributed by atoms with Gasteiger partial charge in [0.25, 0.3) is 17.7 Å². The topological polar surface area (TPSA) is 75.7 Å². The Morgan fingerprint density at radius 1 is 1.15 bits per heavy atom. The van der Waals surface area contributed by atoms with Crippen LogP contribution in [0.5, 0.6) is 0 Å². The minimum atomic E-state index is -0.381. The molecule has 2 aromatic carbocycles. The Balaban J connectivity index is 1.54. The number of imide groups is 1. The van der Waals surface area contributed by atoms with Gasteiger partial charge in [0.05, 0.1) is 34.4 Å². The summed E-state index contributed by atoms with van der Waals surface area (Å²) in [5.41, 5.74) is 1.39. The van der Waals surface area contributed by atoms with E-state index in [0.717, 1.165) is 12.8 Å². The van der Waals surface area contributed by atoms with E-state index in [9.17, 15) is 14.4 Å². The van der Waals surface area contributed by atoms with Gasteiger partial charge in [-0.2, -0.15) is 0 Å². The van der Waals surface area contributed by atoms with Gasteiger partial charge in [-0.15, -0.1) is 0 Å². The molecular weight excluding hydrogens is 368 g/mol. The van der Waals surface area contributed by atoms with Crippen molar-refractivity contribution in [1.82, 2.24) is 4.90 Å². The minimum Gasteiger partial charge on any atom is -0.376 e. The zero-order valence-electron chi connectivity index (χ0n) is 14.4. The van der Waals surface area contributed by atoms with Crippen LogP contribution in [0.2, 0.25) is 5.02 Å². The van der Waals surface area contributed by atoms with Crippen molar-refractivity contribution in [2.75, 3.05) is 18.5 Å². The van der Waals surface area contributed by atoms with E-state index in [1.807, 2.05) is 0 Å². The van der Waals surface area contributed by atoms with Crippen LogP contribution in [0.1, 0.15) is 43.9 Å². The second-order valence-corrected chi connectivity index (χ2v) is 6.96. The van der Waals surface area contributed by atoms with Gasteiger partial charge in [0.2, 0.25) is 0 Å². The van der Waals surface area contributed by atoms with Gasteiger partial charge < -0.3 is 10.1 Å². The first kappa shape index (κ1) is 17.7. The molecule has 2 aliphatic heterocycles. The predicted octanol–water partition coefficient (Wildman–Crippen LogP) is 3.37. The normalized spacial score (nSPS) is 18.7. The SMILES string of the molecule is O=C(Nc1ccc2c(c1)C(=O)N(CC1CCCO1)C2=O)c1ccccc1Cl. The summed E-state index contributed by atoms with van der Waals surface area (Å²) in [7, 11) is 0. The average Bonchev–Trinajstić information content (AvgIpc) is 3.25. The van der Waals surface area contributed by atoms with Crippen LogP contribution in [0, 0.1) is 0 Å². The Morgan fingerprint density at radius 2 is 1.93 bits per heavy atom. The largest absolute Gasteiger partial charge is 0.376 e. The first-order valence-corrected chi connectivity index (χ1v) is 9.10. The Kier molecular flexibility index (Phi) is 4.68. The number of rotatable bonds is 4. The second-order valence-electron chi connectivity index (χ2n) is 6.55. The molecule has 7 heteroatoms. The van der Waals surface area contributed by atoms with Crippen molar-refractivity contribution in [2.45, 2.75) is 18.9 Å². The van der Waals surface area contributed by atoms with Crippen LogP contribution in [0.25, 0.3) is 0 Å². The van der Waals surface area contributed by atoms with Gasteiger partial charge in [0.1, 0.15) is 0 Å². The fourth-order valence-corrected chi connectivity index (χ4v) is 3.59. The van der Waals surface area contributed by atoms with Crippen LogP contribution < -0.4 is 5.32 Å².